The Morgan fingerprint density at radius 3 is 2.46 bits per heavy atom. The van der Waals surface area contributed by atoms with Crippen LogP contribution in [0.3, 0.4) is 0 Å². The summed E-state index contributed by atoms with van der Waals surface area (Å²) in [6.45, 7) is 10.6. The lowest BCUT2D eigenvalue weighted by Crippen LogP contribution is -2.42. The third-order valence-electron chi connectivity index (χ3n) is 3.18. The van der Waals surface area contributed by atoms with Crippen molar-refractivity contribution < 1.29 is 5.11 Å². The van der Waals surface area contributed by atoms with Gasteiger partial charge in [0.1, 0.15) is 0 Å². The third-order valence-corrected chi connectivity index (χ3v) is 3.18. The second kappa shape index (κ2) is 3.97. The van der Waals surface area contributed by atoms with Gasteiger partial charge in [0.2, 0.25) is 0 Å². The maximum atomic E-state index is 8.90. The van der Waals surface area contributed by atoms with Crippen LogP contribution in [-0.2, 0) is 0 Å². The summed E-state index contributed by atoms with van der Waals surface area (Å²) in [4.78, 5) is 2.55. The van der Waals surface area contributed by atoms with Crippen molar-refractivity contribution in [3.05, 3.63) is 0 Å². The molecular weight excluding hydrogens is 162 g/mol. The van der Waals surface area contributed by atoms with Crippen molar-refractivity contribution in [1.29, 1.82) is 0 Å². The van der Waals surface area contributed by atoms with Crippen LogP contribution in [0.1, 0.15) is 40.5 Å². The van der Waals surface area contributed by atoms with E-state index in [-0.39, 0.29) is 0 Å². The number of aliphatic hydroxyl groups excluding tert-OH is 1. The zero-order chi connectivity index (χ0) is 10.1. The molecule has 1 heterocycles. The van der Waals surface area contributed by atoms with Crippen LogP contribution in [0.25, 0.3) is 0 Å². The lowest BCUT2D eigenvalue weighted by molar-refractivity contribution is 0.133. The van der Waals surface area contributed by atoms with Gasteiger partial charge in [0.25, 0.3) is 0 Å². The standard InChI is InChI=1S/C11H23NO/c1-9(2)12-8-10(5-6-13)7-11(12,3)4/h9-10,13H,5-8H2,1-4H3. The highest BCUT2D eigenvalue weighted by molar-refractivity contribution is 4.93. The highest BCUT2D eigenvalue weighted by atomic mass is 16.3. The minimum absolute atomic E-state index is 0.327. The summed E-state index contributed by atoms with van der Waals surface area (Å²) in [5.74, 6) is 0.697. The Balaban J connectivity index is 2.57. The Morgan fingerprint density at radius 2 is 2.08 bits per heavy atom. The fourth-order valence-electron chi connectivity index (χ4n) is 2.70. The number of rotatable bonds is 3. The molecule has 0 amide bonds. The second-order valence-electron chi connectivity index (χ2n) is 5.14. The average molecular weight is 185 g/mol. The van der Waals surface area contributed by atoms with Gasteiger partial charge < -0.3 is 5.11 Å². The van der Waals surface area contributed by atoms with Crippen LogP contribution >= 0.6 is 0 Å². The highest BCUT2D eigenvalue weighted by Gasteiger charge is 2.38. The molecule has 1 fully saturated rings. The highest BCUT2D eigenvalue weighted by Crippen LogP contribution is 2.35. The van der Waals surface area contributed by atoms with Gasteiger partial charge in [-0.2, -0.15) is 0 Å². The van der Waals surface area contributed by atoms with Crippen LogP contribution in [-0.4, -0.2) is 34.7 Å². The second-order valence-corrected chi connectivity index (χ2v) is 5.14. The predicted molar refractivity (Wildman–Crippen MR) is 55.7 cm³/mol. The topological polar surface area (TPSA) is 23.5 Å². The van der Waals surface area contributed by atoms with Crippen LogP contribution in [0.5, 0.6) is 0 Å². The number of aliphatic hydroxyl groups is 1. The van der Waals surface area contributed by atoms with Gasteiger partial charge in [-0.1, -0.05) is 0 Å². The zero-order valence-corrected chi connectivity index (χ0v) is 9.38. The summed E-state index contributed by atoms with van der Waals surface area (Å²) in [5, 5.41) is 8.90. The molecule has 2 nitrogen and oxygen atoms in total. The minimum Gasteiger partial charge on any atom is -0.396 e. The monoisotopic (exact) mass is 185 g/mol. The Hall–Kier alpha value is -0.0800. The molecule has 1 rings (SSSR count). The molecule has 0 aliphatic carbocycles. The molecule has 78 valence electrons. The Morgan fingerprint density at radius 1 is 1.46 bits per heavy atom. The van der Waals surface area contributed by atoms with Crippen molar-refractivity contribution in [2.75, 3.05) is 13.2 Å². The molecule has 0 aromatic heterocycles. The van der Waals surface area contributed by atoms with E-state index in [4.69, 9.17) is 5.11 Å². The van der Waals surface area contributed by atoms with Crippen molar-refractivity contribution in [2.24, 2.45) is 5.92 Å². The molecule has 1 aliphatic heterocycles. The number of likely N-dealkylation sites (tertiary alicyclic amines) is 1. The fourth-order valence-corrected chi connectivity index (χ4v) is 2.70. The molecule has 0 aromatic rings. The quantitative estimate of drug-likeness (QED) is 0.725. The first-order chi connectivity index (χ1) is 5.97. The zero-order valence-electron chi connectivity index (χ0n) is 9.38. The molecule has 1 unspecified atom stereocenters. The summed E-state index contributed by atoms with van der Waals surface area (Å²) in [5.41, 5.74) is 0.327. The fraction of sp³-hybridized carbons (Fsp3) is 1.00. The van der Waals surface area contributed by atoms with Gasteiger partial charge in [0, 0.05) is 24.7 Å². The summed E-state index contributed by atoms with van der Waals surface area (Å²) >= 11 is 0. The average Bonchev–Trinajstić information content (AvgIpc) is 2.26. The smallest absolute Gasteiger partial charge is 0.0434 e. The van der Waals surface area contributed by atoms with Crippen LogP contribution < -0.4 is 0 Å². The molecule has 0 spiro atoms. The van der Waals surface area contributed by atoms with Gasteiger partial charge >= 0.3 is 0 Å². The molecule has 2 heteroatoms. The summed E-state index contributed by atoms with van der Waals surface area (Å²) in [7, 11) is 0. The molecule has 0 aromatic carbocycles. The molecule has 1 saturated heterocycles. The van der Waals surface area contributed by atoms with E-state index in [9.17, 15) is 0 Å². The normalized spacial score (nSPS) is 28.6. The van der Waals surface area contributed by atoms with E-state index >= 15 is 0 Å². The van der Waals surface area contributed by atoms with E-state index in [0.29, 0.717) is 24.1 Å². The van der Waals surface area contributed by atoms with Gasteiger partial charge in [0.15, 0.2) is 0 Å². The van der Waals surface area contributed by atoms with Crippen LogP contribution in [0.15, 0.2) is 0 Å². The number of hydrogen-bond donors (Lipinski definition) is 1. The van der Waals surface area contributed by atoms with Gasteiger partial charge in [0.05, 0.1) is 0 Å². The van der Waals surface area contributed by atoms with Crippen molar-refractivity contribution in [2.45, 2.75) is 52.1 Å². The molecule has 1 N–H and O–H groups in total. The third kappa shape index (κ3) is 2.44. The number of hydrogen-bond acceptors (Lipinski definition) is 2. The van der Waals surface area contributed by atoms with Crippen molar-refractivity contribution in [3.63, 3.8) is 0 Å². The van der Waals surface area contributed by atoms with E-state index in [1.807, 2.05) is 0 Å². The first-order valence-electron chi connectivity index (χ1n) is 5.35. The molecule has 1 aliphatic rings. The van der Waals surface area contributed by atoms with E-state index in [2.05, 4.69) is 32.6 Å². The Bertz CT molecular complexity index is 165. The van der Waals surface area contributed by atoms with E-state index in [0.717, 1.165) is 13.0 Å². The molecule has 13 heavy (non-hydrogen) atoms. The van der Waals surface area contributed by atoms with Gasteiger partial charge in [-0.25, -0.2) is 0 Å². The van der Waals surface area contributed by atoms with Crippen LogP contribution in [0, 0.1) is 5.92 Å². The molecule has 1 atom stereocenters. The summed E-state index contributed by atoms with van der Waals surface area (Å²) < 4.78 is 0. The maximum absolute atomic E-state index is 8.90. The summed E-state index contributed by atoms with van der Waals surface area (Å²) in [6, 6.07) is 0.624. The van der Waals surface area contributed by atoms with Crippen molar-refractivity contribution in [1.82, 2.24) is 4.90 Å². The van der Waals surface area contributed by atoms with Gasteiger partial charge in [-0.05, 0) is 46.5 Å². The van der Waals surface area contributed by atoms with E-state index < -0.39 is 0 Å². The molecule has 0 bridgehead atoms. The first kappa shape index (κ1) is 11.0. The lowest BCUT2D eigenvalue weighted by atomic mass is 9.94. The minimum atomic E-state index is 0.327. The maximum Gasteiger partial charge on any atom is 0.0434 e. The molecular formula is C11H23NO. The van der Waals surface area contributed by atoms with E-state index in [1.165, 1.54) is 6.42 Å². The van der Waals surface area contributed by atoms with E-state index in [1.54, 1.807) is 0 Å². The largest absolute Gasteiger partial charge is 0.396 e. The first-order valence-corrected chi connectivity index (χ1v) is 5.35. The predicted octanol–water partition coefficient (Wildman–Crippen LogP) is 1.88. The van der Waals surface area contributed by atoms with Crippen molar-refractivity contribution in [3.8, 4) is 0 Å². The molecule has 0 radical (unpaired) electrons. The summed E-state index contributed by atoms with van der Waals surface area (Å²) in [6.07, 6.45) is 2.19. The van der Waals surface area contributed by atoms with Crippen LogP contribution in [0.2, 0.25) is 0 Å². The lowest BCUT2D eigenvalue weighted by Gasteiger charge is -2.34. The Labute approximate surface area is 81.9 Å². The number of nitrogens with zero attached hydrogens (tertiary/aromatic N) is 1. The van der Waals surface area contributed by atoms with Crippen molar-refractivity contribution >= 4 is 0 Å². The van der Waals surface area contributed by atoms with Gasteiger partial charge in [-0.3, -0.25) is 4.90 Å². The van der Waals surface area contributed by atoms with Crippen LogP contribution in [0.4, 0.5) is 0 Å². The Kier molecular flexibility index (Phi) is 3.36. The molecule has 0 saturated carbocycles. The van der Waals surface area contributed by atoms with Gasteiger partial charge in [-0.15, -0.1) is 0 Å². The SMILES string of the molecule is CC(C)N1CC(CCO)CC1(C)C.